The molecule has 1 aromatic heterocycles. The van der Waals surface area contributed by atoms with Gasteiger partial charge in [0.1, 0.15) is 0 Å². The normalized spacial score (nSPS) is 11.3. The SMILES string of the molecule is C=CS/C(C)=C\n1cc(C=O)cn1. The fourth-order valence-electron chi connectivity index (χ4n) is 0.832. The Bertz CT molecular complexity index is 341. The fraction of sp³-hybridized carbons (Fsp3) is 0.111. The van der Waals surface area contributed by atoms with Crippen molar-refractivity contribution in [2.45, 2.75) is 6.92 Å². The maximum absolute atomic E-state index is 10.3. The first kappa shape index (κ1) is 9.80. The second-order valence-corrected chi connectivity index (χ2v) is 3.61. The lowest BCUT2D eigenvalue weighted by molar-refractivity contribution is 0.112. The van der Waals surface area contributed by atoms with Crippen LogP contribution in [0.2, 0.25) is 0 Å². The van der Waals surface area contributed by atoms with Gasteiger partial charge >= 0.3 is 0 Å². The molecule has 1 aromatic rings. The second kappa shape index (κ2) is 4.67. The van der Waals surface area contributed by atoms with Gasteiger partial charge in [-0.25, -0.2) is 4.68 Å². The summed E-state index contributed by atoms with van der Waals surface area (Å²) < 4.78 is 1.61. The van der Waals surface area contributed by atoms with Crippen molar-refractivity contribution < 1.29 is 4.79 Å². The van der Waals surface area contributed by atoms with E-state index in [9.17, 15) is 4.79 Å². The van der Waals surface area contributed by atoms with Crippen molar-refractivity contribution in [1.82, 2.24) is 9.78 Å². The lowest BCUT2D eigenvalue weighted by Crippen LogP contribution is -1.85. The predicted octanol–water partition coefficient (Wildman–Crippen LogP) is 2.39. The summed E-state index contributed by atoms with van der Waals surface area (Å²) in [6, 6.07) is 0. The molecule has 3 nitrogen and oxygen atoms in total. The van der Waals surface area contributed by atoms with Crippen molar-refractivity contribution in [1.29, 1.82) is 0 Å². The zero-order valence-corrected chi connectivity index (χ0v) is 8.12. The van der Waals surface area contributed by atoms with E-state index in [1.807, 2.05) is 13.1 Å². The third-order valence-corrected chi connectivity index (χ3v) is 1.98. The van der Waals surface area contributed by atoms with Crippen molar-refractivity contribution in [3.05, 3.63) is 34.8 Å². The van der Waals surface area contributed by atoms with Crippen LogP contribution >= 0.6 is 11.8 Å². The van der Waals surface area contributed by atoms with Gasteiger partial charge in [-0.1, -0.05) is 6.58 Å². The van der Waals surface area contributed by atoms with E-state index in [1.54, 1.807) is 16.3 Å². The zero-order valence-electron chi connectivity index (χ0n) is 7.30. The van der Waals surface area contributed by atoms with E-state index in [1.165, 1.54) is 18.0 Å². The van der Waals surface area contributed by atoms with Crippen LogP contribution in [0.25, 0.3) is 6.20 Å². The van der Waals surface area contributed by atoms with E-state index in [-0.39, 0.29) is 0 Å². The molecule has 0 atom stereocenters. The fourth-order valence-corrected chi connectivity index (χ4v) is 1.26. The van der Waals surface area contributed by atoms with E-state index in [0.717, 1.165) is 11.2 Å². The van der Waals surface area contributed by atoms with Gasteiger partial charge in [0.25, 0.3) is 0 Å². The molecule has 0 amide bonds. The van der Waals surface area contributed by atoms with Crippen LogP contribution in [-0.4, -0.2) is 16.1 Å². The average molecular weight is 194 g/mol. The van der Waals surface area contributed by atoms with Crippen LogP contribution < -0.4 is 0 Å². The summed E-state index contributed by atoms with van der Waals surface area (Å²) in [5.41, 5.74) is 0.577. The number of hydrogen-bond acceptors (Lipinski definition) is 3. The summed E-state index contributed by atoms with van der Waals surface area (Å²) in [5, 5.41) is 5.72. The van der Waals surface area contributed by atoms with E-state index < -0.39 is 0 Å². The van der Waals surface area contributed by atoms with E-state index in [4.69, 9.17) is 0 Å². The molecule has 1 heterocycles. The Labute approximate surface area is 81.1 Å². The highest BCUT2D eigenvalue weighted by molar-refractivity contribution is 8.05. The van der Waals surface area contributed by atoms with Crippen LogP contribution in [-0.2, 0) is 0 Å². The van der Waals surface area contributed by atoms with Crippen LogP contribution in [0.4, 0.5) is 0 Å². The first-order valence-corrected chi connectivity index (χ1v) is 4.59. The molecule has 0 saturated heterocycles. The number of rotatable bonds is 4. The number of aldehydes is 1. The molecule has 0 aliphatic carbocycles. The topological polar surface area (TPSA) is 34.9 Å². The second-order valence-electron chi connectivity index (χ2n) is 2.40. The third-order valence-electron chi connectivity index (χ3n) is 1.34. The molecule has 0 radical (unpaired) electrons. The van der Waals surface area contributed by atoms with E-state index in [0.29, 0.717) is 5.56 Å². The Hall–Kier alpha value is -1.29. The summed E-state index contributed by atoms with van der Waals surface area (Å²) in [5.74, 6) is 0. The summed E-state index contributed by atoms with van der Waals surface area (Å²) in [4.78, 5) is 11.4. The van der Waals surface area contributed by atoms with Crippen LogP contribution in [0.3, 0.4) is 0 Å². The third kappa shape index (κ3) is 2.91. The summed E-state index contributed by atoms with van der Waals surface area (Å²) in [6.45, 7) is 5.55. The highest BCUT2D eigenvalue weighted by Crippen LogP contribution is 2.15. The molecule has 0 aliphatic heterocycles. The van der Waals surface area contributed by atoms with E-state index >= 15 is 0 Å². The van der Waals surface area contributed by atoms with Crippen molar-refractivity contribution in [3.8, 4) is 0 Å². The molecule has 0 spiro atoms. The minimum Gasteiger partial charge on any atom is -0.298 e. The molecular weight excluding hydrogens is 184 g/mol. The molecule has 1 rings (SSSR count). The van der Waals surface area contributed by atoms with Gasteiger partial charge in [-0.3, -0.25) is 4.79 Å². The highest BCUT2D eigenvalue weighted by Gasteiger charge is 1.94. The maximum Gasteiger partial charge on any atom is 0.153 e. The van der Waals surface area contributed by atoms with Gasteiger partial charge in [0.2, 0.25) is 0 Å². The predicted molar refractivity (Wildman–Crippen MR) is 55.3 cm³/mol. The van der Waals surface area contributed by atoms with Gasteiger partial charge in [-0.05, 0) is 12.3 Å². The standard InChI is InChI=1S/C9H10N2OS/c1-3-13-8(2)5-11-6-9(7-12)4-10-11/h3-7H,1H2,2H3/b8-5-. The Morgan fingerprint density at radius 2 is 2.54 bits per heavy atom. The summed E-state index contributed by atoms with van der Waals surface area (Å²) in [6.07, 6.45) is 5.79. The highest BCUT2D eigenvalue weighted by atomic mass is 32.2. The number of nitrogens with zero attached hydrogens (tertiary/aromatic N) is 2. The summed E-state index contributed by atoms with van der Waals surface area (Å²) >= 11 is 1.52. The van der Waals surface area contributed by atoms with Gasteiger partial charge in [0.05, 0.1) is 11.8 Å². The number of allylic oxidation sites excluding steroid dienone is 1. The molecule has 0 fully saturated rings. The minimum atomic E-state index is 0.577. The van der Waals surface area contributed by atoms with Gasteiger partial charge in [0, 0.05) is 17.3 Å². The van der Waals surface area contributed by atoms with Crippen LogP contribution in [0.15, 0.2) is 29.3 Å². The molecule has 68 valence electrons. The minimum absolute atomic E-state index is 0.577. The molecule has 13 heavy (non-hydrogen) atoms. The quantitative estimate of drug-likeness (QED) is 0.690. The van der Waals surface area contributed by atoms with Gasteiger partial charge in [0.15, 0.2) is 6.29 Å². The van der Waals surface area contributed by atoms with Crippen molar-refractivity contribution in [2.75, 3.05) is 0 Å². The van der Waals surface area contributed by atoms with Crippen LogP contribution in [0, 0.1) is 0 Å². The number of carbonyl (C=O) groups is 1. The lowest BCUT2D eigenvalue weighted by atomic mass is 10.4. The van der Waals surface area contributed by atoms with Gasteiger partial charge in [-0.2, -0.15) is 5.10 Å². The number of thioether (sulfide) groups is 1. The number of aromatic nitrogens is 2. The Kier molecular flexibility index (Phi) is 3.52. The Morgan fingerprint density at radius 3 is 3.08 bits per heavy atom. The molecule has 0 aliphatic rings. The van der Waals surface area contributed by atoms with Crippen molar-refractivity contribution in [2.24, 2.45) is 0 Å². The maximum atomic E-state index is 10.3. The van der Waals surface area contributed by atoms with Gasteiger partial charge < -0.3 is 0 Å². The van der Waals surface area contributed by atoms with Crippen molar-refractivity contribution >= 4 is 24.2 Å². The van der Waals surface area contributed by atoms with Gasteiger partial charge in [-0.15, -0.1) is 11.8 Å². The monoisotopic (exact) mass is 194 g/mol. The zero-order chi connectivity index (χ0) is 9.68. The Balaban J connectivity index is 2.77. The molecule has 0 bridgehead atoms. The van der Waals surface area contributed by atoms with Crippen molar-refractivity contribution in [3.63, 3.8) is 0 Å². The molecule has 0 saturated carbocycles. The molecule has 4 heteroatoms. The van der Waals surface area contributed by atoms with Crippen LogP contribution in [0.1, 0.15) is 17.3 Å². The largest absolute Gasteiger partial charge is 0.298 e. The molecular formula is C9H10N2OS. The number of carbonyl (C=O) groups excluding carboxylic acids is 1. The smallest absolute Gasteiger partial charge is 0.153 e. The summed E-state index contributed by atoms with van der Waals surface area (Å²) in [7, 11) is 0. The first-order chi connectivity index (χ1) is 6.26. The average Bonchev–Trinajstić information content (AvgIpc) is 2.52. The molecule has 0 aromatic carbocycles. The molecule has 0 N–H and O–H groups in total. The lowest BCUT2D eigenvalue weighted by Gasteiger charge is -1.94. The number of hydrogen-bond donors (Lipinski definition) is 0. The Morgan fingerprint density at radius 1 is 1.77 bits per heavy atom. The first-order valence-electron chi connectivity index (χ1n) is 3.71. The molecule has 0 unspecified atom stereocenters. The van der Waals surface area contributed by atoms with E-state index in [2.05, 4.69) is 11.7 Å². The van der Waals surface area contributed by atoms with Crippen LogP contribution in [0.5, 0.6) is 0 Å².